The van der Waals surface area contributed by atoms with Crippen LogP contribution >= 0.6 is 0 Å². The van der Waals surface area contributed by atoms with Crippen LogP contribution in [-0.4, -0.2) is 36.1 Å². The minimum absolute atomic E-state index is 0.0809. The minimum Gasteiger partial charge on any atom is -0.467 e. The molecule has 3 fully saturated rings. The summed E-state index contributed by atoms with van der Waals surface area (Å²) in [6, 6.07) is 0. The Hall–Kier alpha value is -0.790. The Morgan fingerprint density at radius 2 is 2.11 bits per heavy atom. The van der Waals surface area contributed by atoms with Gasteiger partial charge in [-0.2, -0.15) is 13.2 Å². The van der Waals surface area contributed by atoms with Crippen LogP contribution in [0.3, 0.4) is 0 Å². The van der Waals surface area contributed by atoms with Crippen LogP contribution in [0.15, 0.2) is 11.8 Å². The number of unbranched alkanes of at least 4 members (excludes halogenated alkanes) is 1. The molecule has 1 saturated carbocycles. The highest BCUT2D eigenvalue weighted by atomic mass is 19.4. The topological polar surface area (TPSA) is 47.9 Å². The van der Waals surface area contributed by atoms with Gasteiger partial charge in [0.05, 0.1) is 12.5 Å². The van der Waals surface area contributed by atoms with E-state index in [1.165, 1.54) is 0 Å². The van der Waals surface area contributed by atoms with Crippen molar-refractivity contribution in [2.24, 2.45) is 11.8 Å². The lowest BCUT2D eigenvalue weighted by atomic mass is 9.87. The van der Waals surface area contributed by atoms with Crippen LogP contribution in [-0.2, 0) is 14.2 Å². The predicted octanol–water partition coefficient (Wildman–Crippen LogP) is 5.45. The van der Waals surface area contributed by atoms with Crippen molar-refractivity contribution < 1.29 is 32.5 Å². The molecule has 0 aromatic rings. The highest BCUT2D eigenvalue weighted by Gasteiger charge is 2.55. The summed E-state index contributed by atoms with van der Waals surface area (Å²) in [6.45, 7) is 2.49. The van der Waals surface area contributed by atoms with Crippen molar-refractivity contribution in [3.05, 3.63) is 11.8 Å². The largest absolute Gasteiger partial charge is 0.467 e. The number of rotatable bonds is 8. The van der Waals surface area contributed by atoms with Crippen LogP contribution < -0.4 is 0 Å². The maximum atomic E-state index is 13.5. The lowest BCUT2D eigenvalue weighted by Gasteiger charge is -2.35. The van der Waals surface area contributed by atoms with Crippen molar-refractivity contribution in [1.29, 1.82) is 0 Å². The second-order valence-corrected chi connectivity index (χ2v) is 8.39. The maximum Gasteiger partial charge on any atom is 0.392 e. The second-order valence-electron chi connectivity index (χ2n) is 8.39. The molecular weight excluding hydrogens is 373 g/mol. The number of halogens is 3. The van der Waals surface area contributed by atoms with Crippen LogP contribution in [0, 0.1) is 11.8 Å². The van der Waals surface area contributed by atoms with Gasteiger partial charge in [0.1, 0.15) is 11.4 Å². The number of ether oxygens (including phenoxy) is 3. The third kappa shape index (κ3) is 5.03. The van der Waals surface area contributed by atoms with E-state index >= 15 is 0 Å². The zero-order chi connectivity index (χ0) is 20.2. The first kappa shape index (κ1) is 21.9. The maximum absolute atomic E-state index is 13.5. The quantitative estimate of drug-likeness (QED) is 0.545. The van der Waals surface area contributed by atoms with Gasteiger partial charge in [0.15, 0.2) is 12.6 Å². The van der Waals surface area contributed by atoms with Crippen LogP contribution in [0.25, 0.3) is 0 Å². The fourth-order valence-corrected chi connectivity index (χ4v) is 4.81. The van der Waals surface area contributed by atoms with Gasteiger partial charge in [0.25, 0.3) is 0 Å². The monoisotopic (exact) mass is 406 g/mol. The van der Waals surface area contributed by atoms with Crippen molar-refractivity contribution in [3.63, 3.8) is 0 Å². The summed E-state index contributed by atoms with van der Waals surface area (Å²) in [4.78, 5) is 0. The summed E-state index contributed by atoms with van der Waals surface area (Å²) >= 11 is 0. The zero-order valence-corrected chi connectivity index (χ0v) is 16.7. The Morgan fingerprint density at radius 3 is 2.79 bits per heavy atom. The fraction of sp³-hybridized carbons (Fsp3) is 0.905. The van der Waals surface area contributed by atoms with Crippen LogP contribution in [0.5, 0.6) is 0 Å². The highest BCUT2D eigenvalue weighted by Crippen LogP contribution is 2.52. The molecule has 3 rings (SSSR count). The summed E-state index contributed by atoms with van der Waals surface area (Å²) < 4.78 is 58.2. The third-order valence-electron chi connectivity index (χ3n) is 6.36. The van der Waals surface area contributed by atoms with Gasteiger partial charge in [-0.05, 0) is 51.0 Å². The molecule has 1 N–H and O–H groups in total. The molecule has 4 unspecified atom stereocenters. The fourth-order valence-electron chi connectivity index (χ4n) is 4.81. The molecular formula is C21H33F3O4. The molecule has 0 spiro atoms. The molecule has 0 radical (unpaired) electrons. The average molecular weight is 406 g/mol. The van der Waals surface area contributed by atoms with E-state index in [1.807, 2.05) is 6.92 Å². The van der Waals surface area contributed by atoms with E-state index in [0.29, 0.717) is 31.6 Å². The SMILES string of the molecule is CCCC[C@@H](CC=C(OC1CCCCO1)C12CCCC1CC(O)O2)C(F)(F)F. The average Bonchev–Trinajstić information content (AvgIpc) is 3.17. The van der Waals surface area contributed by atoms with E-state index in [9.17, 15) is 18.3 Å². The van der Waals surface area contributed by atoms with Crippen molar-refractivity contribution in [3.8, 4) is 0 Å². The van der Waals surface area contributed by atoms with Gasteiger partial charge >= 0.3 is 6.18 Å². The molecule has 4 nitrogen and oxygen atoms in total. The highest BCUT2D eigenvalue weighted by molar-refractivity contribution is 5.19. The first-order valence-corrected chi connectivity index (χ1v) is 10.8. The molecule has 28 heavy (non-hydrogen) atoms. The molecule has 1 aliphatic carbocycles. The molecule has 0 bridgehead atoms. The molecule has 2 heterocycles. The number of alkyl halides is 3. The van der Waals surface area contributed by atoms with Gasteiger partial charge in [-0.1, -0.05) is 19.8 Å². The van der Waals surface area contributed by atoms with Gasteiger partial charge in [-0.25, -0.2) is 0 Å². The van der Waals surface area contributed by atoms with Crippen molar-refractivity contribution >= 4 is 0 Å². The summed E-state index contributed by atoms with van der Waals surface area (Å²) in [5.41, 5.74) is -0.804. The number of hydrogen-bond acceptors (Lipinski definition) is 4. The van der Waals surface area contributed by atoms with Crippen LogP contribution in [0.4, 0.5) is 13.2 Å². The molecule has 0 amide bonds. The van der Waals surface area contributed by atoms with Crippen LogP contribution in [0.1, 0.15) is 77.6 Å². The van der Waals surface area contributed by atoms with Crippen LogP contribution in [0.2, 0.25) is 0 Å². The number of allylic oxidation sites excluding steroid dienone is 1. The summed E-state index contributed by atoms with van der Waals surface area (Å²) in [5, 5.41) is 10.1. The van der Waals surface area contributed by atoms with Crippen molar-refractivity contribution in [1.82, 2.24) is 0 Å². The number of hydrogen-bond donors (Lipinski definition) is 1. The van der Waals surface area contributed by atoms with Gasteiger partial charge in [-0.3, -0.25) is 0 Å². The van der Waals surface area contributed by atoms with Crippen molar-refractivity contribution in [2.45, 2.75) is 102 Å². The number of aliphatic hydroxyl groups excluding tert-OH is 1. The molecule has 7 heteroatoms. The summed E-state index contributed by atoms with van der Waals surface area (Å²) in [5.74, 6) is -0.859. The Kier molecular flexibility index (Phi) is 7.32. The molecule has 0 aromatic carbocycles. The molecule has 162 valence electrons. The predicted molar refractivity (Wildman–Crippen MR) is 98.2 cm³/mol. The third-order valence-corrected chi connectivity index (χ3v) is 6.36. The number of fused-ring (bicyclic) bond motifs is 1. The first-order chi connectivity index (χ1) is 13.3. The van der Waals surface area contributed by atoms with E-state index in [-0.39, 0.29) is 18.8 Å². The standard InChI is InChI=1S/C21H33F3O4/c1-2-3-7-15(21(22,23)24)10-11-17(27-19-9-4-5-13-26-19)20-12-6-8-16(20)14-18(25)28-20/h11,15-16,18-19,25H,2-10,12-14H2,1H3/t15-,16?,18?,19?,20?/m0/s1. The summed E-state index contributed by atoms with van der Waals surface area (Å²) in [6.07, 6.45) is 2.92. The van der Waals surface area contributed by atoms with E-state index in [2.05, 4.69) is 0 Å². The Balaban J connectivity index is 1.81. The summed E-state index contributed by atoms with van der Waals surface area (Å²) in [7, 11) is 0. The van der Waals surface area contributed by atoms with E-state index in [1.54, 1.807) is 6.08 Å². The lowest BCUT2D eigenvalue weighted by molar-refractivity contribution is -0.187. The van der Waals surface area contributed by atoms with Crippen molar-refractivity contribution in [2.75, 3.05) is 6.61 Å². The molecule has 2 saturated heterocycles. The van der Waals surface area contributed by atoms with E-state index in [4.69, 9.17) is 14.2 Å². The smallest absolute Gasteiger partial charge is 0.392 e. The van der Waals surface area contributed by atoms with Gasteiger partial charge < -0.3 is 19.3 Å². The molecule has 0 aromatic heterocycles. The molecule has 2 aliphatic heterocycles. The normalized spacial score (nSPS) is 35.0. The molecule has 5 atom stereocenters. The van der Waals surface area contributed by atoms with Gasteiger partial charge in [-0.15, -0.1) is 0 Å². The molecule has 3 aliphatic rings. The Morgan fingerprint density at radius 1 is 1.29 bits per heavy atom. The lowest BCUT2D eigenvalue weighted by Crippen LogP contribution is -2.38. The Bertz CT molecular complexity index is 530. The minimum atomic E-state index is -4.24. The van der Waals surface area contributed by atoms with E-state index < -0.39 is 30.3 Å². The van der Waals surface area contributed by atoms with E-state index in [0.717, 1.165) is 38.5 Å². The zero-order valence-electron chi connectivity index (χ0n) is 16.7. The first-order valence-electron chi connectivity index (χ1n) is 10.8. The Labute approximate surface area is 165 Å². The van der Waals surface area contributed by atoms with Gasteiger partial charge in [0.2, 0.25) is 0 Å². The number of aliphatic hydroxyl groups is 1. The second kappa shape index (κ2) is 9.35. The van der Waals surface area contributed by atoms with Gasteiger partial charge in [0, 0.05) is 18.8 Å².